The van der Waals surface area contributed by atoms with Crippen molar-refractivity contribution in [1.29, 1.82) is 0 Å². The second-order valence-corrected chi connectivity index (χ2v) is 5.24. The second kappa shape index (κ2) is 4.79. The van der Waals surface area contributed by atoms with Crippen molar-refractivity contribution in [3.8, 4) is 0 Å². The Labute approximate surface area is 111 Å². The number of aliphatic imine (C=N–C) groups is 1. The van der Waals surface area contributed by atoms with Gasteiger partial charge in [-0.3, -0.25) is 4.99 Å². The van der Waals surface area contributed by atoms with E-state index in [9.17, 15) is 8.78 Å². The summed E-state index contributed by atoms with van der Waals surface area (Å²) in [4.78, 5) is 4.31. The third kappa shape index (κ3) is 2.41. The van der Waals surface area contributed by atoms with E-state index < -0.39 is 17.0 Å². The number of rotatable bonds is 3. The molecule has 3 nitrogen and oxygen atoms in total. The molecule has 0 spiro atoms. The lowest BCUT2D eigenvalue weighted by atomic mass is 9.94. The highest BCUT2D eigenvalue weighted by Gasteiger charge is 2.47. The van der Waals surface area contributed by atoms with Gasteiger partial charge in [-0.1, -0.05) is 6.07 Å². The maximum atomic E-state index is 13.8. The fourth-order valence-electron chi connectivity index (χ4n) is 2.57. The van der Waals surface area contributed by atoms with E-state index in [-0.39, 0.29) is 5.56 Å². The van der Waals surface area contributed by atoms with Crippen LogP contribution >= 0.6 is 0 Å². The van der Waals surface area contributed by atoms with Crippen LogP contribution in [0.2, 0.25) is 0 Å². The lowest BCUT2D eigenvalue weighted by Gasteiger charge is -2.21. The molecule has 0 radical (unpaired) electrons. The first-order chi connectivity index (χ1) is 9.21. The molecule has 0 saturated heterocycles. The molecule has 5 heteroatoms. The number of halogens is 2. The molecule has 1 aromatic carbocycles. The maximum Gasteiger partial charge on any atom is 0.191 e. The molecule has 0 bridgehead atoms. The largest absolute Gasteiger partial charge is 0.356 e. The van der Waals surface area contributed by atoms with E-state index in [0.29, 0.717) is 6.54 Å². The molecule has 3 rings (SSSR count). The van der Waals surface area contributed by atoms with Gasteiger partial charge in [0.15, 0.2) is 5.96 Å². The molecule has 2 N–H and O–H groups in total. The van der Waals surface area contributed by atoms with Gasteiger partial charge >= 0.3 is 0 Å². The summed E-state index contributed by atoms with van der Waals surface area (Å²) >= 11 is 0. The van der Waals surface area contributed by atoms with Crippen molar-refractivity contribution >= 4 is 5.96 Å². The first-order valence-electron chi connectivity index (χ1n) is 6.68. The molecule has 2 aliphatic rings. The molecule has 1 aromatic rings. The zero-order valence-electron chi connectivity index (χ0n) is 10.7. The summed E-state index contributed by atoms with van der Waals surface area (Å²) in [6.07, 6.45) is 2.65. The molecule has 0 unspecified atom stereocenters. The Kier molecular flexibility index (Phi) is 3.12. The molecule has 1 heterocycles. The fraction of sp³-hybridized carbons (Fsp3) is 0.500. The monoisotopic (exact) mass is 265 g/mol. The first kappa shape index (κ1) is 12.4. The molecule has 19 heavy (non-hydrogen) atoms. The van der Waals surface area contributed by atoms with Gasteiger partial charge in [-0.25, -0.2) is 8.78 Å². The Morgan fingerprint density at radius 1 is 1.26 bits per heavy atom. The SMILES string of the molecule is Fc1cccc(F)c1C1(CNC2=NCCCN2)CC1. The van der Waals surface area contributed by atoms with Crippen molar-refractivity contribution in [2.24, 2.45) is 4.99 Å². The third-order valence-corrected chi connectivity index (χ3v) is 3.84. The van der Waals surface area contributed by atoms with E-state index in [4.69, 9.17) is 0 Å². The van der Waals surface area contributed by atoms with Crippen LogP contribution in [0.3, 0.4) is 0 Å². The second-order valence-electron chi connectivity index (χ2n) is 5.24. The molecule has 0 aromatic heterocycles. The van der Waals surface area contributed by atoms with Crippen LogP contribution < -0.4 is 10.6 Å². The zero-order valence-corrected chi connectivity index (χ0v) is 10.7. The Bertz CT molecular complexity index is 489. The van der Waals surface area contributed by atoms with E-state index in [0.717, 1.165) is 38.3 Å². The van der Waals surface area contributed by atoms with Gasteiger partial charge in [-0.05, 0) is 31.4 Å². The van der Waals surface area contributed by atoms with Crippen molar-refractivity contribution in [3.05, 3.63) is 35.4 Å². The van der Waals surface area contributed by atoms with E-state index in [1.54, 1.807) is 0 Å². The standard InChI is InChI=1S/C14H17F2N3/c15-10-3-1-4-11(16)12(10)14(5-6-14)9-19-13-17-7-2-8-18-13/h1,3-4H,2,5-9H2,(H2,17,18,19). The molecular weight excluding hydrogens is 248 g/mol. The first-order valence-corrected chi connectivity index (χ1v) is 6.68. The number of benzene rings is 1. The van der Waals surface area contributed by atoms with Gasteiger partial charge in [0, 0.05) is 30.6 Å². The smallest absolute Gasteiger partial charge is 0.191 e. The fourth-order valence-corrected chi connectivity index (χ4v) is 2.57. The van der Waals surface area contributed by atoms with Gasteiger partial charge in [-0.2, -0.15) is 0 Å². The van der Waals surface area contributed by atoms with Crippen LogP contribution in [-0.2, 0) is 5.41 Å². The molecule has 1 fully saturated rings. The molecule has 0 atom stereocenters. The average molecular weight is 265 g/mol. The summed E-state index contributed by atoms with van der Waals surface area (Å²) in [5.41, 5.74) is -0.184. The minimum Gasteiger partial charge on any atom is -0.356 e. The van der Waals surface area contributed by atoms with E-state index in [1.807, 2.05) is 0 Å². The van der Waals surface area contributed by atoms with Crippen LogP contribution in [-0.4, -0.2) is 25.6 Å². The highest BCUT2D eigenvalue weighted by Crippen LogP contribution is 2.49. The number of nitrogens with one attached hydrogen (secondary N) is 2. The molecule has 102 valence electrons. The minimum atomic E-state index is -0.446. The molecule has 0 amide bonds. The lowest BCUT2D eigenvalue weighted by Crippen LogP contribution is -2.44. The summed E-state index contributed by atoms with van der Waals surface area (Å²) in [7, 11) is 0. The van der Waals surface area contributed by atoms with Crippen molar-refractivity contribution in [1.82, 2.24) is 10.6 Å². The summed E-state index contributed by atoms with van der Waals surface area (Å²) in [6, 6.07) is 4.06. The van der Waals surface area contributed by atoms with Crippen LogP contribution in [0.5, 0.6) is 0 Å². The number of guanidine groups is 1. The Morgan fingerprint density at radius 3 is 2.58 bits per heavy atom. The van der Waals surface area contributed by atoms with Crippen molar-refractivity contribution in [3.63, 3.8) is 0 Å². The van der Waals surface area contributed by atoms with Crippen LogP contribution in [0.25, 0.3) is 0 Å². The summed E-state index contributed by atoms with van der Waals surface area (Å²) in [5, 5.41) is 6.33. The number of nitrogens with zero attached hydrogens (tertiary/aromatic N) is 1. The summed E-state index contributed by atoms with van der Waals surface area (Å²) in [5.74, 6) is -0.148. The predicted octanol–water partition coefficient (Wildman–Crippen LogP) is 1.94. The number of hydrogen-bond acceptors (Lipinski definition) is 3. The number of hydrogen-bond donors (Lipinski definition) is 2. The molecular formula is C14H17F2N3. The van der Waals surface area contributed by atoms with Crippen LogP contribution in [0.4, 0.5) is 8.78 Å². The summed E-state index contributed by atoms with van der Waals surface area (Å²) in [6.45, 7) is 2.22. The van der Waals surface area contributed by atoms with Crippen LogP contribution in [0.15, 0.2) is 23.2 Å². The van der Waals surface area contributed by atoms with E-state index in [1.165, 1.54) is 18.2 Å². The van der Waals surface area contributed by atoms with Crippen molar-refractivity contribution in [2.45, 2.75) is 24.7 Å². The minimum absolute atomic E-state index is 0.221. The Morgan fingerprint density at radius 2 is 2.00 bits per heavy atom. The van der Waals surface area contributed by atoms with E-state index >= 15 is 0 Å². The van der Waals surface area contributed by atoms with Crippen LogP contribution in [0, 0.1) is 11.6 Å². The zero-order chi connectivity index (χ0) is 13.3. The van der Waals surface area contributed by atoms with Gasteiger partial charge in [0.05, 0.1) is 0 Å². The summed E-state index contributed by atoms with van der Waals surface area (Å²) < 4.78 is 27.7. The van der Waals surface area contributed by atoms with Gasteiger partial charge < -0.3 is 10.6 Å². The normalized spacial score (nSPS) is 20.4. The lowest BCUT2D eigenvalue weighted by molar-refractivity contribution is 0.506. The van der Waals surface area contributed by atoms with Crippen molar-refractivity contribution in [2.75, 3.05) is 19.6 Å². The molecule has 1 aliphatic carbocycles. The Balaban J connectivity index is 1.75. The maximum absolute atomic E-state index is 13.8. The average Bonchev–Trinajstić information content (AvgIpc) is 3.19. The highest BCUT2D eigenvalue weighted by atomic mass is 19.1. The quantitative estimate of drug-likeness (QED) is 0.876. The van der Waals surface area contributed by atoms with Gasteiger partial charge in [0.2, 0.25) is 0 Å². The Hall–Kier alpha value is -1.65. The highest BCUT2D eigenvalue weighted by molar-refractivity contribution is 5.80. The van der Waals surface area contributed by atoms with Gasteiger partial charge in [-0.15, -0.1) is 0 Å². The topological polar surface area (TPSA) is 36.4 Å². The predicted molar refractivity (Wildman–Crippen MR) is 70.2 cm³/mol. The third-order valence-electron chi connectivity index (χ3n) is 3.84. The van der Waals surface area contributed by atoms with Gasteiger partial charge in [0.1, 0.15) is 11.6 Å². The van der Waals surface area contributed by atoms with Crippen molar-refractivity contribution < 1.29 is 8.78 Å². The van der Waals surface area contributed by atoms with E-state index in [2.05, 4.69) is 15.6 Å². The molecule has 1 saturated carbocycles. The molecule has 1 aliphatic heterocycles. The van der Waals surface area contributed by atoms with Crippen LogP contribution in [0.1, 0.15) is 24.8 Å². The van der Waals surface area contributed by atoms with Gasteiger partial charge in [0.25, 0.3) is 0 Å².